The van der Waals surface area contributed by atoms with Gasteiger partial charge in [-0.3, -0.25) is 4.79 Å². The first kappa shape index (κ1) is 14.9. The van der Waals surface area contributed by atoms with Crippen molar-refractivity contribution >= 4 is 37.4 Å². The van der Waals surface area contributed by atoms with Crippen LogP contribution in [0.15, 0.2) is 23.1 Å². The predicted octanol–water partition coefficient (Wildman–Crippen LogP) is 0.433. The van der Waals surface area contributed by atoms with E-state index in [9.17, 15) is 21.6 Å². The molecule has 18 heavy (non-hydrogen) atoms. The van der Waals surface area contributed by atoms with Gasteiger partial charge >= 0.3 is 0 Å². The standard InChI is InChI=1S/C9H10ClNO5S2/c1-17(13,14)8-5-6(3-4-7(8)10)9(12)11-18(2,15)16/h3-5H,1-2H3,(H,11,12). The van der Waals surface area contributed by atoms with Crippen molar-refractivity contribution in [3.8, 4) is 0 Å². The highest BCUT2D eigenvalue weighted by Crippen LogP contribution is 2.22. The number of halogens is 1. The molecule has 6 nitrogen and oxygen atoms in total. The zero-order valence-corrected chi connectivity index (χ0v) is 11.9. The van der Waals surface area contributed by atoms with Gasteiger partial charge in [-0.1, -0.05) is 11.6 Å². The molecule has 1 aromatic rings. The second kappa shape index (κ2) is 4.87. The highest BCUT2D eigenvalue weighted by atomic mass is 35.5. The molecular weight excluding hydrogens is 302 g/mol. The fraction of sp³-hybridized carbons (Fsp3) is 0.222. The third-order valence-corrected chi connectivity index (χ3v) is 4.01. The molecule has 1 N–H and O–H groups in total. The molecule has 0 heterocycles. The number of carbonyl (C=O) groups excluding carboxylic acids is 1. The minimum Gasteiger partial charge on any atom is -0.268 e. The summed E-state index contributed by atoms with van der Waals surface area (Å²) < 4.78 is 46.3. The van der Waals surface area contributed by atoms with Gasteiger partial charge in [0.25, 0.3) is 5.91 Å². The van der Waals surface area contributed by atoms with Crippen LogP contribution in [0, 0.1) is 0 Å². The molecule has 0 aliphatic heterocycles. The Morgan fingerprint density at radius 1 is 1.17 bits per heavy atom. The Morgan fingerprint density at radius 3 is 2.17 bits per heavy atom. The van der Waals surface area contributed by atoms with Crippen LogP contribution < -0.4 is 4.72 Å². The average Bonchev–Trinajstić information content (AvgIpc) is 2.13. The number of sulfonamides is 1. The fourth-order valence-corrected chi connectivity index (χ4v) is 2.91. The van der Waals surface area contributed by atoms with E-state index in [0.717, 1.165) is 18.6 Å². The van der Waals surface area contributed by atoms with Crippen LogP contribution in [0.4, 0.5) is 0 Å². The molecule has 0 radical (unpaired) electrons. The van der Waals surface area contributed by atoms with Crippen molar-refractivity contribution in [3.05, 3.63) is 28.8 Å². The second-order valence-corrected chi connectivity index (χ2v) is 7.76. The van der Waals surface area contributed by atoms with Gasteiger partial charge < -0.3 is 0 Å². The Morgan fingerprint density at radius 2 is 1.72 bits per heavy atom. The molecule has 0 saturated carbocycles. The lowest BCUT2D eigenvalue weighted by Crippen LogP contribution is -2.29. The van der Waals surface area contributed by atoms with Crippen molar-refractivity contribution in [2.75, 3.05) is 12.5 Å². The Labute approximate surface area is 110 Å². The van der Waals surface area contributed by atoms with Gasteiger partial charge in [-0.2, -0.15) is 0 Å². The van der Waals surface area contributed by atoms with E-state index < -0.39 is 25.8 Å². The number of hydrogen-bond acceptors (Lipinski definition) is 5. The second-order valence-electron chi connectivity index (χ2n) is 3.62. The van der Waals surface area contributed by atoms with Gasteiger partial charge in [0.15, 0.2) is 9.84 Å². The van der Waals surface area contributed by atoms with Crippen molar-refractivity contribution in [1.82, 2.24) is 4.72 Å². The number of rotatable bonds is 3. The van der Waals surface area contributed by atoms with Crippen molar-refractivity contribution in [1.29, 1.82) is 0 Å². The van der Waals surface area contributed by atoms with E-state index in [1.54, 1.807) is 4.72 Å². The largest absolute Gasteiger partial charge is 0.268 e. The van der Waals surface area contributed by atoms with Gasteiger partial charge in [0.05, 0.1) is 16.2 Å². The molecule has 1 amide bonds. The summed E-state index contributed by atoms with van der Waals surface area (Å²) >= 11 is 5.69. The van der Waals surface area contributed by atoms with E-state index in [1.807, 2.05) is 0 Å². The van der Waals surface area contributed by atoms with Crippen LogP contribution in [0.5, 0.6) is 0 Å². The van der Waals surface area contributed by atoms with Gasteiger partial charge in [0.1, 0.15) is 0 Å². The topological polar surface area (TPSA) is 97.4 Å². The van der Waals surface area contributed by atoms with E-state index in [-0.39, 0.29) is 15.5 Å². The van der Waals surface area contributed by atoms with Crippen molar-refractivity contribution in [3.63, 3.8) is 0 Å². The van der Waals surface area contributed by atoms with Gasteiger partial charge in [0, 0.05) is 11.8 Å². The summed E-state index contributed by atoms with van der Waals surface area (Å²) in [5.41, 5.74) is -0.106. The number of nitrogens with one attached hydrogen (secondary N) is 1. The Kier molecular flexibility index (Phi) is 4.04. The number of carbonyl (C=O) groups is 1. The predicted molar refractivity (Wildman–Crippen MR) is 66.9 cm³/mol. The minimum atomic E-state index is -3.71. The van der Waals surface area contributed by atoms with Crippen molar-refractivity contribution in [2.24, 2.45) is 0 Å². The summed E-state index contributed by atoms with van der Waals surface area (Å²) in [6.07, 6.45) is 1.75. The molecule has 1 rings (SSSR count). The molecule has 9 heteroatoms. The van der Waals surface area contributed by atoms with E-state index in [4.69, 9.17) is 11.6 Å². The smallest absolute Gasteiger partial charge is 0.264 e. The van der Waals surface area contributed by atoms with Crippen molar-refractivity contribution < 1.29 is 21.6 Å². The Bertz CT molecular complexity index is 694. The molecule has 1 aromatic carbocycles. The molecule has 100 valence electrons. The highest BCUT2D eigenvalue weighted by molar-refractivity contribution is 7.90. The van der Waals surface area contributed by atoms with Gasteiger partial charge in [-0.25, -0.2) is 21.6 Å². The Hall–Kier alpha value is -1.12. The normalized spacial score (nSPS) is 12.2. The monoisotopic (exact) mass is 311 g/mol. The number of amides is 1. The molecule has 0 unspecified atom stereocenters. The van der Waals surface area contributed by atoms with Crippen LogP contribution in [-0.2, 0) is 19.9 Å². The quantitative estimate of drug-likeness (QED) is 0.873. The van der Waals surface area contributed by atoms with E-state index in [0.29, 0.717) is 0 Å². The van der Waals surface area contributed by atoms with E-state index in [2.05, 4.69) is 0 Å². The number of sulfone groups is 1. The fourth-order valence-electron chi connectivity index (χ4n) is 1.16. The molecule has 0 spiro atoms. The first-order valence-corrected chi connectivity index (χ1v) is 8.68. The van der Waals surface area contributed by atoms with Crippen molar-refractivity contribution in [2.45, 2.75) is 4.90 Å². The third kappa shape index (κ3) is 3.97. The van der Waals surface area contributed by atoms with Gasteiger partial charge in [0.2, 0.25) is 10.0 Å². The molecule has 0 aliphatic rings. The molecule has 0 fully saturated rings. The first-order chi connectivity index (χ1) is 8.00. The zero-order chi connectivity index (χ0) is 14.1. The molecule has 0 aliphatic carbocycles. The van der Waals surface area contributed by atoms with E-state index in [1.165, 1.54) is 12.1 Å². The SMILES string of the molecule is CS(=O)(=O)NC(=O)c1ccc(Cl)c(S(C)(=O)=O)c1. The van der Waals surface area contributed by atoms with Gasteiger partial charge in [-0.05, 0) is 18.2 Å². The molecule has 0 saturated heterocycles. The number of hydrogen-bond donors (Lipinski definition) is 1. The third-order valence-electron chi connectivity index (χ3n) is 1.87. The maximum Gasteiger partial charge on any atom is 0.264 e. The van der Waals surface area contributed by atoms with Crippen LogP contribution in [0.3, 0.4) is 0 Å². The lowest BCUT2D eigenvalue weighted by atomic mass is 10.2. The van der Waals surface area contributed by atoms with Crippen LogP contribution >= 0.6 is 11.6 Å². The summed E-state index contributed by atoms with van der Waals surface area (Å²) in [6.45, 7) is 0. The highest BCUT2D eigenvalue weighted by Gasteiger charge is 2.17. The zero-order valence-electron chi connectivity index (χ0n) is 9.47. The summed E-state index contributed by atoms with van der Waals surface area (Å²) in [6, 6.07) is 3.48. The molecular formula is C9H10ClNO5S2. The minimum absolute atomic E-state index is 0.0339. The lowest BCUT2D eigenvalue weighted by Gasteiger charge is -2.06. The van der Waals surface area contributed by atoms with Crippen LogP contribution in [0.1, 0.15) is 10.4 Å². The Balaban J connectivity index is 3.26. The summed E-state index contributed by atoms with van der Waals surface area (Å²) in [5.74, 6) is -0.918. The molecule has 0 atom stereocenters. The maximum absolute atomic E-state index is 11.5. The van der Waals surface area contributed by atoms with Gasteiger partial charge in [-0.15, -0.1) is 0 Å². The summed E-state index contributed by atoms with van der Waals surface area (Å²) in [4.78, 5) is 11.3. The van der Waals surface area contributed by atoms with Crippen LogP contribution in [0.25, 0.3) is 0 Å². The van der Waals surface area contributed by atoms with Crippen LogP contribution in [-0.4, -0.2) is 35.3 Å². The molecule has 0 aromatic heterocycles. The van der Waals surface area contributed by atoms with E-state index >= 15 is 0 Å². The average molecular weight is 312 g/mol. The summed E-state index contributed by atoms with van der Waals surface area (Å²) in [7, 11) is -7.31. The first-order valence-electron chi connectivity index (χ1n) is 4.52. The molecule has 0 bridgehead atoms. The van der Waals surface area contributed by atoms with Crippen LogP contribution in [0.2, 0.25) is 5.02 Å². The number of benzene rings is 1. The lowest BCUT2D eigenvalue weighted by molar-refractivity contribution is 0.0981. The maximum atomic E-state index is 11.5. The summed E-state index contributed by atoms with van der Waals surface area (Å²) in [5, 5.41) is -0.0339.